The second-order valence-corrected chi connectivity index (χ2v) is 3.38. The molecule has 0 saturated carbocycles. The van der Waals surface area contributed by atoms with Gasteiger partial charge in [-0.15, -0.1) is 0 Å². The Bertz CT molecular complexity index is 375. The minimum atomic E-state index is -0.764. The molecule has 1 aromatic carbocycles. The zero-order chi connectivity index (χ0) is 13.8. The summed E-state index contributed by atoms with van der Waals surface area (Å²) in [4.78, 5) is 20.3. The highest BCUT2D eigenvalue weighted by molar-refractivity contribution is 5.95. The summed E-state index contributed by atoms with van der Waals surface area (Å²) in [7, 11) is 0. The van der Waals surface area contributed by atoms with E-state index in [9.17, 15) is 9.59 Å². The van der Waals surface area contributed by atoms with Crippen LogP contribution in [0.4, 0.5) is 0 Å². The van der Waals surface area contributed by atoms with Gasteiger partial charge in [-0.2, -0.15) is 0 Å². The summed E-state index contributed by atoms with van der Waals surface area (Å²) in [6.07, 6.45) is 4.26. The average Bonchev–Trinajstić information content (AvgIpc) is 2.40. The molecule has 0 atom stereocenters. The number of aryl methyl sites for hydroxylation is 1. The maximum atomic E-state index is 10.2. The number of hydrogen-bond donors (Lipinski definition) is 0. The number of benzene rings is 1. The number of carbonyl (C=O) groups excluding carboxylic acids is 2. The topological polar surface area (TPSA) is 43.4 Å². The Morgan fingerprint density at radius 1 is 1.11 bits per heavy atom. The van der Waals surface area contributed by atoms with Crippen LogP contribution in [-0.2, 0) is 20.7 Å². The molecule has 0 aliphatic rings. The zero-order valence-corrected chi connectivity index (χ0v) is 10.6. The lowest BCUT2D eigenvalue weighted by Crippen LogP contribution is -2.05. The van der Waals surface area contributed by atoms with Crippen LogP contribution in [-0.4, -0.2) is 11.9 Å². The highest BCUT2D eigenvalue weighted by atomic mass is 16.6. The van der Waals surface area contributed by atoms with Crippen LogP contribution in [0.25, 0.3) is 0 Å². The van der Waals surface area contributed by atoms with Gasteiger partial charge in [-0.3, -0.25) is 0 Å². The molecule has 0 aliphatic carbocycles. The fourth-order valence-corrected chi connectivity index (χ4v) is 1.12. The van der Waals surface area contributed by atoms with Gasteiger partial charge in [0.2, 0.25) is 0 Å². The van der Waals surface area contributed by atoms with Gasteiger partial charge in [0.1, 0.15) is 0 Å². The fraction of sp³-hybridized carbons (Fsp3) is 0.200. The van der Waals surface area contributed by atoms with E-state index in [1.807, 2.05) is 0 Å². The van der Waals surface area contributed by atoms with Gasteiger partial charge in [0.05, 0.1) is 0 Å². The first-order chi connectivity index (χ1) is 8.63. The normalized spacial score (nSPS) is 8.50. The van der Waals surface area contributed by atoms with Crippen LogP contribution in [0.2, 0.25) is 0 Å². The van der Waals surface area contributed by atoms with E-state index in [0.29, 0.717) is 0 Å². The predicted molar refractivity (Wildman–Crippen MR) is 71.9 cm³/mol. The Kier molecular flexibility index (Phi) is 8.82. The largest absolute Gasteiger partial charge is 0.387 e. The SMILES string of the molecule is C=CC(=O)OC(=O)C=C.CCCc1ccccc1. The van der Waals surface area contributed by atoms with E-state index in [4.69, 9.17) is 0 Å². The van der Waals surface area contributed by atoms with Gasteiger partial charge in [0.25, 0.3) is 0 Å². The van der Waals surface area contributed by atoms with Crippen molar-refractivity contribution in [3.63, 3.8) is 0 Å². The maximum Gasteiger partial charge on any atom is 0.338 e. The summed E-state index contributed by atoms with van der Waals surface area (Å²) in [5.41, 5.74) is 1.44. The van der Waals surface area contributed by atoms with Crippen molar-refractivity contribution in [2.24, 2.45) is 0 Å². The molecule has 0 unspecified atom stereocenters. The Morgan fingerprint density at radius 2 is 1.61 bits per heavy atom. The molecular weight excluding hydrogens is 228 g/mol. The van der Waals surface area contributed by atoms with Crippen LogP contribution in [0.15, 0.2) is 55.6 Å². The second-order valence-electron chi connectivity index (χ2n) is 3.38. The first-order valence-corrected chi connectivity index (χ1v) is 5.68. The molecule has 3 heteroatoms. The van der Waals surface area contributed by atoms with Gasteiger partial charge in [-0.25, -0.2) is 9.59 Å². The molecule has 0 aromatic heterocycles. The average molecular weight is 246 g/mol. The molecule has 0 fully saturated rings. The van der Waals surface area contributed by atoms with Gasteiger partial charge in [-0.05, 0) is 12.0 Å². The standard InChI is InChI=1S/C9H12.C6H6O3/c1-2-6-9-7-4-3-5-8-9;1-3-5(7)9-6(8)4-2/h3-5,7-8H,2,6H2,1H3;3-4H,1-2H2. The smallest absolute Gasteiger partial charge is 0.338 e. The highest BCUT2D eigenvalue weighted by Gasteiger charge is 1.99. The number of rotatable bonds is 4. The molecule has 0 amide bonds. The third kappa shape index (κ3) is 8.05. The van der Waals surface area contributed by atoms with E-state index in [2.05, 4.69) is 55.2 Å². The molecule has 1 rings (SSSR count). The molecule has 18 heavy (non-hydrogen) atoms. The van der Waals surface area contributed by atoms with Crippen molar-refractivity contribution in [2.75, 3.05) is 0 Å². The lowest BCUT2D eigenvalue weighted by molar-refractivity contribution is -0.152. The monoisotopic (exact) mass is 246 g/mol. The third-order valence-corrected chi connectivity index (χ3v) is 1.92. The summed E-state index contributed by atoms with van der Waals surface area (Å²) < 4.78 is 4.03. The molecule has 0 spiro atoms. The first-order valence-electron chi connectivity index (χ1n) is 5.68. The van der Waals surface area contributed by atoms with Crippen molar-refractivity contribution < 1.29 is 14.3 Å². The lowest BCUT2D eigenvalue weighted by atomic mass is 10.1. The molecular formula is C15H18O3. The molecule has 0 saturated heterocycles. The summed E-state index contributed by atoms with van der Waals surface area (Å²) >= 11 is 0. The second kappa shape index (κ2) is 10.0. The molecule has 0 radical (unpaired) electrons. The van der Waals surface area contributed by atoms with E-state index in [-0.39, 0.29) is 0 Å². The van der Waals surface area contributed by atoms with Crippen LogP contribution in [0.3, 0.4) is 0 Å². The van der Waals surface area contributed by atoms with E-state index in [1.54, 1.807) is 0 Å². The van der Waals surface area contributed by atoms with Crippen molar-refractivity contribution in [2.45, 2.75) is 19.8 Å². The molecule has 0 heterocycles. The van der Waals surface area contributed by atoms with Crippen LogP contribution in [0, 0.1) is 0 Å². The molecule has 3 nitrogen and oxygen atoms in total. The fourth-order valence-electron chi connectivity index (χ4n) is 1.12. The van der Waals surface area contributed by atoms with Gasteiger partial charge in [0, 0.05) is 12.2 Å². The van der Waals surface area contributed by atoms with Crippen molar-refractivity contribution in [3.05, 3.63) is 61.2 Å². The van der Waals surface area contributed by atoms with Gasteiger partial charge in [0.15, 0.2) is 0 Å². The summed E-state index contributed by atoms with van der Waals surface area (Å²) in [5, 5.41) is 0. The quantitative estimate of drug-likeness (QED) is 0.466. The van der Waals surface area contributed by atoms with E-state index < -0.39 is 11.9 Å². The van der Waals surface area contributed by atoms with E-state index in [1.165, 1.54) is 18.4 Å². The number of carbonyl (C=O) groups is 2. The molecule has 1 aromatic rings. The van der Waals surface area contributed by atoms with Gasteiger partial charge < -0.3 is 4.74 Å². The van der Waals surface area contributed by atoms with Crippen molar-refractivity contribution in [1.82, 2.24) is 0 Å². The summed E-state index contributed by atoms with van der Waals surface area (Å²) in [6.45, 7) is 8.38. The Balaban J connectivity index is 0.000000321. The minimum absolute atomic E-state index is 0.764. The van der Waals surface area contributed by atoms with Crippen LogP contribution in [0.5, 0.6) is 0 Å². The summed E-state index contributed by atoms with van der Waals surface area (Å²) in [6, 6.07) is 10.6. The minimum Gasteiger partial charge on any atom is -0.387 e. The first kappa shape index (κ1) is 15.8. The zero-order valence-electron chi connectivity index (χ0n) is 10.6. The number of hydrogen-bond acceptors (Lipinski definition) is 3. The Hall–Kier alpha value is -2.16. The number of esters is 2. The molecule has 96 valence electrons. The molecule has 0 bridgehead atoms. The van der Waals surface area contributed by atoms with Crippen LogP contribution >= 0.6 is 0 Å². The van der Waals surface area contributed by atoms with Crippen molar-refractivity contribution >= 4 is 11.9 Å². The van der Waals surface area contributed by atoms with Gasteiger partial charge in [-0.1, -0.05) is 56.8 Å². The number of ether oxygens (including phenoxy) is 1. The third-order valence-electron chi connectivity index (χ3n) is 1.92. The lowest BCUT2D eigenvalue weighted by Gasteiger charge is -1.93. The van der Waals surface area contributed by atoms with Crippen molar-refractivity contribution in [3.8, 4) is 0 Å². The van der Waals surface area contributed by atoms with E-state index in [0.717, 1.165) is 12.2 Å². The predicted octanol–water partition coefficient (Wildman–Crippen LogP) is 3.07. The van der Waals surface area contributed by atoms with Crippen LogP contribution < -0.4 is 0 Å². The van der Waals surface area contributed by atoms with E-state index >= 15 is 0 Å². The molecule has 0 N–H and O–H groups in total. The highest BCUT2D eigenvalue weighted by Crippen LogP contribution is 2.00. The van der Waals surface area contributed by atoms with Crippen molar-refractivity contribution in [1.29, 1.82) is 0 Å². The maximum absolute atomic E-state index is 10.2. The Labute approximate surface area is 108 Å². The molecule has 0 aliphatic heterocycles. The summed E-state index contributed by atoms with van der Waals surface area (Å²) in [5.74, 6) is -1.53. The Morgan fingerprint density at radius 3 is 2.00 bits per heavy atom. The van der Waals surface area contributed by atoms with Crippen LogP contribution in [0.1, 0.15) is 18.9 Å². The van der Waals surface area contributed by atoms with Gasteiger partial charge >= 0.3 is 11.9 Å².